The minimum absolute atomic E-state index is 0.0839. The highest BCUT2D eigenvalue weighted by Crippen LogP contribution is 2.29. The summed E-state index contributed by atoms with van der Waals surface area (Å²) in [4.78, 5) is 0. The molecule has 0 amide bonds. The van der Waals surface area contributed by atoms with Crippen molar-refractivity contribution in [3.05, 3.63) is 28.0 Å². The van der Waals surface area contributed by atoms with Crippen molar-refractivity contribution in [1.29, 1.82) is 0 Å². The van der Waals surface area contributed by atoms with E-state index >= 15 is 0 Å². The molecule has 0 heterocycles. The molecule has 2 nitrogen and oxygen atoms in total. The molecule has 1 rings (SSSR count). The number of aliphatic hydroxyl groups is 1. The first-order valence-electron chi connectivity index (χ1n) is 2.93. The predicted octanol–water partition coefficient (Wildman–Crippen LogP) is 1.79. The van der Waals surface area contributed by atoms with Gasteiger partial charge in [-0.2, -0.15) is 0 Å². The lowest BCUT2D eigenvalue weighted by molar-refractivity contribution is 0.268. The second-order valence-corrected chi connectivity index (χ2v) is 2.87. The molecule has 4 heteroatoms. The minimum Gasteiger partial charge on any atom is -0.506 e. The van der Waals surface area contributed by atoms with Gasteiger partial charge in [0.15, 0.2) is 0 Å². The molecule has 0 fully saturated rings. The molecule has 0 aliphatic carbocycles. The lowest BCUT2D eigenvalue weighted by Gasteiger charge is -2.03. The molecule has 0 saturated heterocycles. The number of rotatable bonds is 1. The largest absolute Gasteiger partial charge is 0.506 e. The Bertz CT molecular complexity index is 275. The van der Waals surface area contributed by atoms with Crippen LogP contribution in [0.15, 0.2) is 16.6 Å². The fourth-order valence-corrected chi connectivity index (χ4v) is 1.10. The molecule has 0 aromatic heterocycles. The number of hydrogen-bond acceptors (Lipinski definition) is 2. The molecule has 0 unspecified atom stereocenters. The monoisotopic (exact) mass is 220 g/mol. The van der Waals surface area contributed by atoms with Crippen molar-refractivity contribution in [2.24, 2.45) is 0 Å². The second kappa shape index (κ2) is 3.19. The molecule has 0 saturated carbocycles. The normalized spacial score (nSPS) is 10.1. The van der Waals surface area contributed by atoms with E-state index in [1.165, 1.54) is 12.1 Å². The van der Waals surface area contributed by atoms with E-state index in [1.54, 1.807) is 0 Å². The Labute approximate surface area is 71.4 Å². The van der Waals surface area contributed by atoms with Crippen LogP contribution >= 0.6 is 15.9 Å². The van der Waals surface area contributed by atoms with E-state index in [1.807, 2.05) is 0 Å². The fourth-order valence-electron chi connectivity index (χ4n) is 0.734. The maximum Gasteiger partial charge on any atom is 0.138 e. The van der Waals surface area contributed by atoms with Crippen LogP contribution < -0.4 is 0 Å². The first-order valence-corrected chi connectivity index (χ1v) is 3.73. The molecule has 2 N–H and O–H groups in total. The van der Waals surface area contributed by atoms with Crippen LogP contribution in [-0.2, 0) is 6.61 Å². The zero-order valence-electron chi connectivity index (χ0n) is 5.51. The van der Waals surface area contributed by atoms with Crippen molar-refractivity contribution >= 4 is 15.9 Å². The highest BCUT2D eigenvalue weighted by atomic mass is 79.9. The van der Waals surface area contributed by atoms with Crippen LogP contribution in [0.2, 0.25) is 0 Å². The van der Waals surface area contributed by atoms with Gasteiger partial charge in [-0.05, 0) is 28.1 Å². The Morgan fingerprint density at radius 2 is 2.09 bits per heavy atom. The van der Waals surface area contributed by atoms with E-state index in [0.29, 0.717) is 4.47 Å². The van der Waals surface area contributed by atoms with Gasteiger partial charge in [-0.15, -0.1) is 0 Å². The third kappa shape index (κ3) is 1.52. The van der Waals surface area contributed by atoms with E-state index < -0.39 is 12.4 Å². The molecular weight excluding hydrogens is 215 g/mol. The topological polar surface area (TPSA) is 40.5 Å². The molecule has 11 heavy (non-hydrogen) atoms. The fraction of sp³-hybridized carbons (Fsp3) is 0.143. The van der Waals surface area contributed by atoms with Crippen molar-refractivity contribution in [2.75, 3.05) is 0 Å². The molecule has 0 aliphatic rings. The van der Waals surface area contributed by atoms with Crippen molar-refractivity contribution < 1.29 is 14.6 Å². The third-order valence-electron chi connectivity index (χ3n) is 1.33. The first-order chi connectivity index (χ1) is 5.16. The van der Waals surface area contributed by atoms with Crippen LogP contribution in [-0.4, -0.2) is 10.2 Å². The highest BCUT2D eigenvalue weighted by Gasteiger charge is 2.09. The number of benzene rings is 1. The molecule has 1 aromatic carbocycles. The molecular formula is C7H6BrFO2. The van der Waals surface area contributed by atoms with Crippen LogP contribution in [0.1, 0.15) is 5.56 Å². The summed E-state index contributed by atoms with van der Waals surface area (Å²) in [5.41, 5.74) is -0.0839. The van der Waals surface area contributed by atoms with E-state index in [9.17, 15) is 4.39 Å². The van der Waals surface area contributed by atoms with Crippen LogP contribution in [0, 0.1) is 5.82 Å². The van der Waals surface area contributed by atoms with Gasteiger partial charge in [-0.3, -0.25) is 0 Å². The lowest BCUT2D eigenvalue weighted by atomic mass is 10.2. The van der Waals surface area contributed by atoms with Gasteiger partial charge in [0.05, 0.1) is 16.6 Å². The summed E-state index contributed by atoms with van der Waals surface area (Å²) < 4.78 is 13.1. The van der Waals surface area contributed by atoms with E-state index in [4.69, 9.17) is 10.2 Å². The van der Waals surface area contributed by atoms with Gasteiger partial charge in [-0.25, -0.2) is 4.39 Å². The summed E-state index contributed by atoms with van der Waals surface area (Å²) in [5, 5.41) is 17.7. The third-order valence-corrected chi connectivity index (χ3v) is 1.97. The SMILES string of the molecule is OCc1c(F)ccc(Br)c1O. The van der Waals surface area contributed by atoms with Crippen LogP contribution in [0.3, 0.4) is 0 Å². The lowest BCUT2D eigenvalue weighted by Crippen LogP contribution is -1.90. The van der Waals surface area contributed by atoms with E-state index in [0.717, 1.165) is 0 Å². The van der Waals surface area contributed by atoms with Crippen LogP contribution in [0.5, 0.6) is 5.75 Å². The zero-order valence-corrected chi connectivity index (χ0v) is 7.10. The second-order valence-electron chi connectivity index (χ2n) is 2.01. The van der Waals surface area contributed by atoms with Crippen LogP contribution in [0.25, 0.3) is 0 Å². The van der Waals surface area contributed by atoms with Gasteiger partial charge >= 0.3 is 0 Å². The van der Waals surface area contributed by atoms with Gasteiger partial charge < -0.3 is 10.2 Å². The average molecular weight is 221 g/mol. The van der Waals surface area contributed by atoms with Crippen molar-refractivity contribution in [1.82, 2.24) is 0 Å². The molecule has 0 radical (unpaired) electrons. The van der Waals surface area contributed by atoms with Gasteiger partial charge in [-0.1, -0.05) is 0 Å². The van der Waals surface area contributed by atoms with E-state index in [-0.39, 0.29) is 11.3 Å². The van der Waals surface area contributed by atoms with Crippen molar-refractivity contribution in [2.45, 2.75) is 6.61 Å². The molecule has 60 valence electrons. The molecule has 1 aromatic rings. The minimum atomic E-state index is -0.604. The van der Waals surface area contributed by atoms with Gasteiger partial charge in [0.25, 0.3) is 0 Å². The number of aliphatic hydroxyl groups excluding tert-OH is 1. The first kappa shape index (κ1) is 8.49. The molecule has 0 atom stereocenters. The van der Waals surface area contributed by atoms with Gasteiger partial charge in [0.2, 0.25) is 0 Å². The highest BCUT2D eigenvalue weighted by molar-refractivity contribution is 9.10. The smallest absolute Gasteiger partial charge is 0.138 e. The van der Waals surface area contributed by atoms with Gasteiger partial charge in [0.1, 0.15) is 11.6 Å². The number of aromatic hydroxyl groups is 1. The summed E-state index contributed by atoms with van der Waals surface area (Å²) >= 11 is 2.99. The Morgan fingerprint density at radius 1 is 1.45 bits per heavy atom. The molecule has 0 bridgehead atoms. The predicted molar refractivity (Wildman–Crippen MR) is 41.7 cm³/mol. The number of phenols is 1. The Morgan fingerprint density at radius 3 is 2.55 bits per heavy atom. The summed E-state index contributed by atoms with van der Waals surface area (Å²) in [5.74, 6) is -0.847. The maximum absolute atomic E-state index is 12.7. The summed E-state index contributed by atoms with van der Waals surface area (Å²) in [6.07, 6.45) is 0. The Kier molecular flexibility index (Phi) is 2.46. The van der Waals surface area contributed by atoms with Gasteiger partial charge in [0, 0.05) is 0 Å². The quantitative estimate of drug-likeness (QED) is 0.758. The van der Waals surface area contributed by atoms with Crippen LogP contribution in [0.4, 0.5) is 4.39 Å². The number of halogens is 2. The Balaban J connectivity index is 3.29. The number of hydrogen-bond donors (Lipinski definition) is 2. The summed E-state index contributed by atoms with van der Waals surface area (Å²) in [7, 11) is 0. The van der Waals surface area contributed by atoms with E-state index in [2.05, 4.69) is 15.9 Å². The standard InChI is InChI=1S/C7H6BrFO2/c8-5-1-2-6(9)4(3-10)7(5)11/h1-2,10-11H,3H2. The molecule has 0 spiro atoms. The van der Waals surface area contributed by atoms with Crippen molar-refractivity contribution in [3.63, 3.8) is 0 Å². The summed E-state index contributed by atoms with van der Waals surface area (Å²) in [6, 6.07) is 2.55. The average Bonchev–Trinajstić information content (AvgIpc) is 1.99. The van der Waals surface area contributed by atoms with Crippen molar-refractivity contribution in [3.8, 4) is 5.75 Å². The maximum atomic E-state index is 12.7. The molecule has 0 aliphatic heterocycles. The Hall–Kier alpha value is -0.610. The summed E-state index contributed by atoms with van der Waals surface area (Å²) in [6.45, 7) is -0.503. The zero-order chi connectivity index (χ0) is 8.43.